The molecule has 212 valence electrons. The van der Waals surface area contributed by atoms with Gasteiger partial charge < -0.3 is 18.8 Å². The third-order valence-electron chi connectivity index (χ3n) is 7.15. The van der Waals surface area contributed by atoms with E-state index in [-0.39, 0.29) is 29.9 Å². The molecule has 8 nitrogen and oxygen atoms in total. The van der Waals surface area contributed by atoms with Crippen molar-refractivity contribution in [2.75, 3.05) is 13.2 Å². The highest BCUT2D eigenvalue weighted by atomic mass is 127. The van der Waals surface area contributed by atoms with Crippen molar-refractivity contribution in [2.45, 2.75) is 75.0 Å². The van der Waals surface area contributed by atoms with Crippen molar-refractivity contribution >= 4 is 89.8 Å². The zero-order valence-electron chi connectivity index (χ0n) is 21.3. The number of esters is 2. The Morgan fingerprint density at radius 1 is 0.897 bits per heavy atom. The number of rotatable bonds is 9. The molecular formula is C27H28I3O8S-. The largest absolute Gasteiger partial charge is 0.744 e. The highest BCUT2D eigenvalue weighted by Crippen LogP contribution is 2.45. The van der Waals surface area contributed by atoms with E-state index < -0.39 is 22.1 Å². The van der Waals surface area contributed by atoms with Crippen molar-refractivity contribution in [2.24, 2.45) is 0 Å². The molecule has 0 unspecified atom stereocenters. The molecule has 0 aromatic heterocycles. The van der Waals surface area contributed by atoms with Gasteiger partial charge in [0, 0.05) is 10.5 Å². The van der Waals surface area contributed by atoms with Crippen molar-refractivity contribution in [1.82, 2.24) is 0 Å². The smallest absolute Gasteiger partial charge is 0.340 e. The second kappa shape index (κ2) is 13.5. The van der Waals surface area contributed by atoms with E-state index in [0.29, 0.717) is 33.3 Å². The average Bonchev–Trinajstić information content (AvgIpc) is 3.58. The first kappa shape index (κ1) is 31.2. The number of carbonyl (C=O) groups excluding carboxylic acids is 2. The molecule has 0 heterocycles. The van der Waals surface area contributed by atoms with Gasteiger partial charge in [0.15, 0.2) is 5.75 Å². The fourth-order valence-electron chi connectivity index (χ4n) is 5.40. The first-order chi connectivity index (χ1) is 18.5. The Morgan fingerprint density at radius 3 is 2.05 bits per heavy atom. The highest BCUT2D eigenvalue weighted by molar-refractivity contribution is 14.1. The standard InChI is InChI=1S/C27H29I3O8S/c1-15(31)38-26-21(29)14-20(28)24(25(26)30)27(32)37-11-10-36-22-12-19(17-8-4-5-9-17)23(39(33,34)35)13-18(22)16-6-2-3-7-16/h12-14,16-17H,2-11H2,1H3,(H,33,34,35)/p-1. The van der Waals surface area contributed by atoms with Gasteiger partial charge in [-0.1, -0.05) is 25.7 Å². The monoisotopic (exact) mass is 893 g/mol. The number of ether oxygens (including phenoxy) is 3. The number of halogens is 3. The van der Waals surface area contributed by atoms with Gasteiger partial charge in [-0.3, -0.25) is 4.79 Å². The van der Waals surface area contributed by atoms with Crippen LogP contribution in [0.5, 0.6) is 11.5 Å². The van der Waals surface area contributed by atoms with Crippen molar-refractivity contribution in [1.29, 1.82) is 0 Å². The zero-order chi connectivity index (χ0) is 28.3. The zero-order valence-corrected chi connectivity index (χ0v) is 28.6. The SMILES string of the molecule is CC(=O)Oc1c(I)cc(I)c(C(=O)OCCOc2cc(C3CCCC3)c(S(=O)(=O)[O-])cc2C2CCCC2)c1I. The van der Waals surface area contributed by atoms with Crippen LogP contribution in [0.15, 0.2) is 23.1 Å². The van der Waals surface area contributed by atoms with Crippen molar-refractivity contribution in [3.63, 3.8) is 0 Å². The minimum Gasteiger partial charge on any atom is -0.744 e. The Hall–Kier alpha value is -0.720. The molecule has 2 aromatic carbocycles. The van der Waals surface area contributed by atoms with Gasteiger partial charge >= 0.3 is 11.9 Å². The molecule has 12 heteroatoms. The van der Waals surface area contributed by atoms with E-state index >= 15 is 0 Å². The lowest BCUT2D eigenvalue weighted by molar-refractivity contribution is -0.132. The fraction of sp³-hybridized carbons (Fsp3) is 0.481. The summed E-state index contributed by atoms with van der Waals surface area (Å²) in [6.45, 7) is 1.33. The number of hydrogen-bond donors (Lipinski definition) is 0. The Kier molecular flexibility index (Phi) is 10.8. The van der Waals surface area contributed by atoms with Gasteiger partial charge in [0.2, 0.25) is 0 Å². The van der Waals surface area contributed by atoms with Crippen LogP contribution in [-0.4, -0.2) is 38.1 Å². The van der Waals surface area contributed by atoms with Crippen LogP contribution in [-0.2, 0) is 19.6 Å². The van der Waals surface area contributed by atoms with Gasteiger partial charge in [-0.15, -0.1) is 0 Å². The molecule has 0 bridgehead atoms. The molecule has 0 radical (unpaired) electrons. The van der Waals surface area contributed by atoms with Crippen LogP contribution >= 0.6 is 67.8 Å². The van der Waals surface area contributed by atoms with Gasteiger partial charge in [-0.05, 0) is 135 Å². The summed E-state index contributed by atoms with van der Waals surface area (Å²) in [5, 5.41) is 0. The summed E-state index contributed by atoms with van der Waals surface area (Å²) in [6, 6.07) is 5.03. The van der Waals surface area contributed by atoms with Crippen LogP contribution in [0.4, 0.5) is 0 Å². The molecule has 2 saturated carbocycles. The molecule has 0 saturated heterocycles. The molecule has 0 N–H and O–H groups in total. The lowest BCUT2D eigenvalue weighted by Gasteiger charge is -2.24. The van der Waals surface area contributed by atoms with E-state index in [4.69, 9.17) is 14.2 Å². The van der Waals surface area contributed by atoms with Crippen molar-refractivity contribution in [3.05, 3.63) is 45.6 Å². The van der Waals surface area contributed by atoms with Gasteiger partial charge in [-0.25, -0.2) is 13.2 Å². The fourth-order valence-corrected chi connectivity index (χ4v) is 10.2. The average molecular weight is 893 g/mol. The molecule has 4 rings (SSSR count). The summed E-state index contributed by atoms with van der Waals surface area (Å²) in [7, 11) is -4.64. The molecule has 2 aromatic rings. The quantitative estimate of drug-likeness (QED) is 0.0880. The minimum atomic E-state index is -4.64. The molecule has 0 spiro atoms. The summed E-state index contributed by atoms with van der Waals surface area (Å²) >= 11 is 6.07. The minimum absolute atomic E-state index is 0.0120. The van der Waals surface area contributed by atoms with E-state index in [1.807, 2.05) is 45.2 Å². The van der Waals surface area contributed by atoms with E-state index in [1.165, 1.54) is 6.92 Å². The van der Waals surface area contributed by atoms with Crippen molar-refractivity contribution < 1.29 is 36.8 Å². The van der Waals surface area contributed by atoms with Crippen LogP contribution in [0.3, 0.4) is 0 Å². The lowest BCUT2D eigenvalue weighted by Crippen LogP contribution is -2.17. The number of hydrogen-bond acceptors (Lipinski definition) is 8. The van der Waals surface area contributed by atoms with Crippen LogP contribution in [0, 0.1) is 10.7 Å². The molecular weight excluding hydrogens is 865 g/mol. The predicted molar refractivity (Wildman–Crippen MR) is 169 cm³/mol. The predicted octanol–water partition coefficient (Wildman–Crippen LogP) is 6.88. The Morgan fingerprint density at radius 2 is 1.49 bits per heavy atom. The molecule has 2 aliphatic rings. The first-order valence-corrected chi connectivity index (χ1v) is 17.4. The van der Waals surface area contributed by atoms with Crippen molar-refractivity contribution in [3.8, 4) is 11.5 Å². The van der Waals surface area contributed by atoms with Crippen LogP contribution in [0.2, 0.25) is 0 Å². The summed E-state index contributed by atoms with van der Waals surface area (Å²) in [4.78, 5) is 24.4. The lowest BCUT2D eigenvalue weighted by atomic mass is 9.91. The molecule has 0 amide bonds. The molecule has 0 aliphatic heterocycles. The highest BCUT2D eigenvalue weighted by Gasteiger charge is 2.28. The van der Waals surface area contributed by atoms with Gasteiger partial charge in [0.1, 0.15) is 29.1 Å². The summed E-state index contributed by atoms with van der Waals surface area (Å²) < 4.78 is 55.5. The van der Waals surface area contributed by atoms with Gasteiger partial charge in [-0.2, -0.15) is 0 Å². The number of carbonyl (C=O) groups is 2. The Balaban J connectivity index is 1.54. The molecule has 0 atom stereocenters. The van der Waals surface area contributed by atoms with Crippen LogP contribution < -0.4 is 9.47 Å². The Labute approximate surface area is 269 Å². The third-order valence-corrected chi connectivity index (χ3v) is 10.7. The summed E-state index contributed by atoms with van der Waals surface area (Å²) in [5.74, 6) is -0.0317. The van der Waals surface area contributed by atoms with Crippen LogP contribution in [0.25, 0.3) is 0 Å². The second-order valence-corrected chi connectivity index (χ2v) is 14.5. The van der Waals surface area contributed by atoms with E-state index in [2.05, 4.69) is 22.6 Å². The van der Waals surface area contributed by atoms with E-state index in [0.717, 1.165) is 56.9 Å². The third kappa shape index (κ3) is 7.57. The second-order valence-electron chi connectivity index (χ2n) is 9.78. The van der Waals surface area contributed by atoms with E-state index in [9.17, 15) is 22.6 Å². The Bertz CT molecular complexity index is 1360. The molecule has 39 heavy (non-hydrogen) atoms. The normalized spacial score (nSPS) is 16.4. The molecule has 2 fully saturated rings. The van der Waals surface area contributed by atoms with Gasteiger partial charge in [0.05, 0.1) is 17.6 Å². The van der Waals surface area contributed by atoms with Gasteiger partial charge in [0.25, 0.3) is 0 Å². The maximum absolute atomic E-state index is 13.0. The summed E-state index contributed by atoms with van der Waals surface area (Å²) in [6.07, 6.45) is 7.55. The first-order valence-electron chi connectivity index (χ1n) is 12.8. The molecule has 2 aliphatic carbocycles. The van der Waals surface area contributed by atoms with Crippen LogP contribution in [0.1, 0.15) is 91.6 Å². The maximum atomic E-state index is 13.0. The topological polar surface area (TPSA) is 119 Å². The van der Waals surface area contributed by atoms with E-state index in [1.54, 1.807) is 18.2 Å². The number of benzene rings is 2. The summed E-state index contributed by atoms with van der Waals surface area (Å²) in [5.41, 5.74) is 1.59. The maximum Gasteiger partial charge on any atom is 0.340 e.